The molecule has 142 valence electrons. The number of hydrogen-bond acceptors (Lipinski definition) is 5. The van der Waals surface area contributed by atoms with Gasteiger partial charge in [-0.15, -0.1) is 0 Å². The first-order valence-electron chi connectivity index (χ1n) is 7.32. The molecule has 0 spiro atoms. The van der Waals surface area contributed by atoms with Crippen LogP contribution in [0.3, 0.4) is 0 Å². The highest BCUT2D eigenvalue weighted by Gasteiger charge is 2.13. The third kappa shape index (κ3) is 5.75. The Kier molecular flexibility index (Phi) is 7.29. The topological polar surface area (TPSA) is 97.2 Å². The van der Waals surface area contributed by atoms with Gasteiger partial charge in [-0.3, -0.25) is 4.79 Å². The normalized spacial score (nSPS) is 10.7. The van der Waals surface area contributed by atoms with Crippen LogP contribution in [0.15, 0.2) is 35.4 Å². The minimum Gasteiger partial charge on any atom is -0.493 e. The number of ether oxygens (including phenoxy) is 2. The van der Waals surface area contributed by atoms with Crippen LogP contribution in [-0.2, 0) is 4.79 Å². The van der Waals surface area contributed by atoms with Gasteiger partial charge in [0, 0.05) is 5.02 Å². The van der Waals surface area contributed by atoms with E-state index in [1.54, 1.807) is 0 Å². The largest absolute Gasteiger partial charge is 0.493 e. The first-order valence-corrected chi connectivity index (χ1v) is 8.45. The van der Waals surface area contributed by atoms with Gasteiger partial charge in [0.05, 0.1) is 28.9 Å². The number of benzene rings is 2. The van der Waals surface area contributed by atoms with Crippen LogP contribution in [0.5, 0.6) is 11.5 Å². The molecule has 7 nitrogen and oxygen atoms in total. The number of nitrogens with zero attached hydrogens (tertiary/aromatic N) is 1. The van der Waals surface area contributed by atoms with Gasteiger partial charge in [-0.05, 0) is 35.9 Å². The lowest BCUT2D eigenvalue weighted by Gasteiger charge is -2.11. The van der Waals surface area contributed by atoms with Crippen LogP contribution in [-0.4, -0.2) is 36.9 Å². The number of halogens is 3. The van der Waals surface area contributed by atoms with E-state index in [1.165, 1.54) is 43.7 Å². The Morgan fingerprint density at radius 1 is 1.19 bits per heavy atom. The highest BCUT2D eigenvalue weighted by atomic mass is 35.5. The number of hydrazone groups is 1. The monoisotopic (exact) mass is 430 g/mol. The van der Waals surface area contributed by atoms with E-state index < -0.39 is 18.5 Å². The van der Waals surface area contributed by atoms with Crippen molar-refractivity contribution < 1.29 is 24.2 Å². The summed E-state index contributed by atoms with van der Waals surface area (Å²) < 4.78 is 10.2. The summed E-state index contributed by atoms with van der Waals surface area (Å²) in [5.74, 6) is -1.36. The molecule has 2 aromatic rings. The second-order valence-electron chi connectivity index (χ2n) is 5.04. The van der Waals surface area contributed by atoms with E-state index in [-0.39, 0.29) is 27.1 Å². The standard InChI is InChI=1S/C17H13Cl3N2O5/c1-26-14-5-9(4-13(20)16(14)27-8-15(23)24)7-21-22-17(25)11-3-2-10(18)6-12(11)19/h2-7H,8H2,1H3,(H,22,25)(H,23,24)/b21-7-. The first-order chi connectivity index (χ1) is 12.8. The molecule has 0 bridgehead atoms. The number of nitrogens with one attached hydrogen (secondary N) is 1. The van der Waals surface area contributed by atoms with Crippen molar-refractivity contribution >= 4 is 52.9 Å². The van der Waals surface area contributed by atoms with Crippen LogP contribution in [0, 0.1) is 0 Å². The van der Waals surface area contributed by atoms with Crippen molar-refractivity contribution in [1.29, 1.82) is 0 Å². The fourth-order valence-corrected chi connectivity index (χ4v) is 2.76. The Balaban J connectivity index is 2.13. The first kappa shape index (κ1) is 20.8. The maximum atomic E-state index is 12.1. The van der Waals surface area contributed by atoms with Gasteiger partial charge in [-0.25, -0.2) is 10.2 Å². The summed E-state index contributed by atoms with van der Waals surface area (Å²) in [6.07, 6.45) is 1.33. The van der Waals surface area contributed by atoms with Crippen molar-refractivity contribution in [2.75, 3.05) is 13.7 Å². The van der Waals surface area contributed by atoms with Gasteiger partial charge in [0.1, 0.15) is 0 Å². The molecule has 2 aromatic carbocycles. The Hall–Kier alpha value is -2.48. The molecule has 0 aromatic heterocycles. The van der Waals surface area contributed by atoms with Crippen LogP contribution in [0.1, 0.15) is 15.9 Å². The Bertz CT molecular complexity index is 902. The number of methoxy groups -OCH3 is 1. The average Bonchev–Trinajstić information content (AvgIpc) is 2.60. The van der Waals surface area contributed by atoms with E-state index in [9.17, 15) is 9.59 Å². The molecular formula is C17H13Cl3N2O5. The zero-order valence-corrected chi connectivity index (χ0v) is 16.1. The number of carboxylic acids is 1. The molecule has 0 aliphatic carbocycles. The van der Waals surface area contributed by atoms with E-state index >= 15 is 0 Å². The minimum atomic E-state index is -1.15. The van der Waals surface area contributed by atoms with E-state index in [0.29, 0.717) is 10.6 Å². The summed E-state index contributed by atoms with van der Waals surface area (Å²) in [5.41, 5.74) is 3.03. The lowest BCUT2D eigenvalue weighted by atomic mass is 10.2. The van der Waals surface area contributed by atoms with Gasteiger partial charge in [-0.1, -0.05) is 34.8 Å². The molecule has 0 saturated carbocycles. The molecule has 27 heavy (non-hydrogen) atoms. The summed E-state index contributed by atoms with van der Waals surface area (Å²) in [6, 6.07) is 7.46. The SMILES string of the molecule is COc1cc(/C=N\NC(=O)c2ccc(Cl)cc2Cl)cc(Cl)c1OCC(=O)O. The molecule has 0 aliphatic heterocycles. The summed E-state index contributed by atoms with van der Waals surface area (Å²) >= 11 is 17.8. The summed E-state index contributed by atoms with van der Waals surface area (Å²) in [4.78, 5) is 22.7. The van der Waals surface area contributed by atoms with Crippen LogP contribution in [0.2, 0.25) is 15.1 Å². The molecular weight excluding hydrogens is 419 g/mol. The Morgan fingerprint density at radius 2 is 1.93 bits per heavy atom. The quantitative estimate of drug-likeness (QED) is 0.512. The molecule has 0 aliphatic rings. The number of carboxylic acid groups (broad SMARTS) is 1. The Labute approximate surface area is 169 Å². The molecule has 2 N–H and O–H groups in total. The minimum absolute atomic E-state index is 0.0932. The number of hydrogen-bond donors (Lipinski definition) is 2. The molecule has 0 fully saturated rings. The van der Waals surface area contributed by atoms with Gasteiger partial charge in [0.2, 0.25) is 0 Å². The summed E-state index contributed by atoms with van der Waals surface area (Å²) in [6.45, 7) is -0.568. The number of carbonyl (C=O) groups is 2. The predicted octanol–water partition coefficient (Wildman–Crippen LogP) is 3.88. The molecule has 2 rings (SSSR count). The second-order valence-corrected chi connectivity index (χ2v) is 6.29. The van der Waals surface area contributed by atoms with E-state index in [0.717, 1.165) is 0 Å². The lowest BCUT2D eigenvalue weighted by molar-refractivity contribution is -0.139. The maximum Gasteiger partial charge on any atom is 0.341 e. The van der Waals surface area contributed by atoms with Gasteiger partial charge in [0.15, 0.2) is 18.1 Å². The van der Waals surface area contributed by atoms with Crippen molar-refractivity contribution in [3.8, 4) is 11.5 Å². The van der Waals surface area contributed by atoms with Gasteiger partial charge in [-0.2, -0.15) is 5.10 Å². The van der Waals surface area contributed by atoms with Crippen LogP contribution >= 0.6 is 34.8 Å². The van der Waals surface area contributed by atoms with Crippen LogP contribution in [0.25, 0.3) is 0 Å². The number of rotatable bonds is 7. The van der Waals surface area contributed by atoms with Crippen molar-refractivity contribution in [1.82, 2.24) is 5.43 Å². The van der Waals surface area contributed by atoms with Crippen molar-refractivity contribution in [2.45, 2.75) is 0 Å². The maximum absolute atomic E-state index is 12.1. The fraction of sp³-hybridized carbons (Fsp3) is 0.118. The highest BCUT2D eigenvalue weighted by Crippen LogP contribution is 2.36. The molecule has 0 unspecified atom stereocenters. The smallest absolute Gasteiger partial charge is 0.341 e. The summed E-state index contributed by atoms with van der Waals surface area (Å²) in [7, 11) is 1.38. The molecule has 1 amide bonds. The fourth-order valence-electron chi connectivity index (χ4n) is 1.99. The van der Waals surface area contributed by atoms with Gasteiger partial charge >= 0.3 is 5.97 Å². The predicted molar refractivity (Wildman–Crippen MR) is 103 cm³/mol. The zero-order chi connectivity index (χ0) is 20.0. The number of aliphatic carboxylic acids is 1. The third-order valence-electron chi connectivity index (χ3n) is 3.15. The van der Waals surface area contributed by atoms with Crippen molar-refractivity contribution in [3.63, 3.8) is 0 Å². The zero-order valence-electron chi connectivity index (χ0n) is 13.8. The van der Waals surface area contributed by atoms with Crippen molar-refractivity contribution in [2.24, 2.45) is 5.10 Å². The molecule has 0 atom stereocenters. The molecule has 0 saturated heterocycles. The van der Waals surface area contributed by atoms with E-state index in [4.69, 9.17) is 49.4 Å². The highest BCUT2D eigenvalue weighted by molar-refractivity contribution is 6.36. The van der Waals surface area contributed by atoms with Crippen LogP contribution < -0.4 is 14.9 Å². The third-order valence-corrected chi connectivity index (χ3v) is 3.98. The van der Waals surface area contributed by atoms with E-state index in [2.05, 4.69) is 10.5 Å². The van der Waals surface area contributed by atoms with E-state index in [1.807, 2.05) is 0 Å². The lowest BCUT2D eigenvalue weighted by Crippen LogP contribution is -2.18. The Morgan fingerprint density at radius 3 is 2.56 bits per heavy atom. The number of carbonyl (C=O) groups excluding carboxylic acids is 1. The molecule has 0 heterocycles. The van der Waals surface area contributed by atoms with Gasteiger partial charge in [0.25, 0.3) is 5.91 Å². The second kappa shape index (κ2) is 9.45. The van der Waals surface area contributed by atoms with Gasteiger partial charge < -0.3 is 14.6 Å². The number of amides is 1. The van der Waals surface area contributed by atoms with Crippen molar-refractivity contribution in [3.05, 3.63) is 56.5 Å². The molecule has 0 radical (unpaired) electrons. The average molecular weight is 432 g/mol. The summed E-state index contributed by atoms with van der Waals surface area (Å²) in [5, 5.41) is 13.3. The molecule has 10 heteroatoms. The van der Waals surface area contributed by atoms with Crippen LogP contribution in [0.4, 0.5) is 0 Å².